The summed E-state index contributed by atoms with van der Waals surface area (Å²) in [7, 11) is 1.24. The van der Waals surface area contributed by atoms with Gasteiger partial charge in [-0.15, -0.1) is 0 Å². The lowest BCUT2D eigenvalue weighted by molar-refractivity contribution is 0.0998. The molecule has 0 amide bonds. The van der Waals surface area contributed by atoms with Gasteiger partial charge in [-0.05, 0) is 0 Å². The van der Waals surface area contributed by atoms with Crippen molar-refractivity contribution in [2.75, 3.05) is 13.7 Å². The predicted molar refractivity (Wildman–Crippen MR) is 53.0 cm³/mol. The monoisotopic (exact) mass is 233 g/mol. The van der Waals surface area contributed by atoms with E-state index in [4.69, 9.17) is 17.3 Å². The van der Waals surface area contributed by atoms with Gasteiger partial charge in [-0.2, -0.15) is 0 Å². The summed E-state index contributed by atoms with van der Waals surface area (Å²) >= 11 is 5.53. The van der Waals surface area contributed by atoms with Crippen molar-refractivity contribution in [3.8, 4) is 11.5 Å². The fraction of sp³-hybridized carbons (Fsp3) is 0.222. The van der Waals surface area contributed by atoms with E-state index in [9.17, 15) is 14.3 Å². The minimum atomic E-state index is -0.844. The number of carbonyl (C=O) groups excluding carboxylic acids is 1. The Hall–Kier alpha value is -1.33. The van der Waals surface area contributed by atoms with Crippen LogP contribution in [-0.2, 0) is 0 Å². The van der Waals surface area contributed by atoms with Crippen molar-refractivity contribution < 1.29 is 19.0 Å². The summed E-state index contributed by atoms with van der Waals surface area (Å²) in [6.45, 7) is -0.375. The highest BCUT2D eigenvalue weighted by atomic mass is 35.5. The van der Waals surface area contributed by atoms with Crippen LogP contribution in [0.4, 0.5) is 4.39 Å². The van der Waals surface area contributed by atoms with E-state index >= 15 is 0 Å². The highest BCUT2D eigenvalue weighted by Gasteiger charge is 2.21. The summed E-state index contributed by atoms with van der Waals surface area (Å²) in [5.41, 5.74) is 4.75. The Kier molecular flexibility index (Phi) is 3.49. The molecule has 6 heteroatoms. The van der Waals surface area contributed by atoms with Crippen LogP contribution >= 0.6 is 11.6 Å². The van der Waals surface area contributed by atoms with E-state index < -0.39 is 22.4 Å². The lowest BCUT2D eigenvalue weighted by Gasteiger charge is -2.09. The van der Waals surface area contributed by atoms with E-state index in [1.807, 2.05) is 0 Å². The maximum absolute atomic E-state index is 13.2. The predicted octanol–water partition coefficient (Wildman–Crippen LogP) is 1.33. The number of phenols is 1. The first-order valence-corrected chi connectivity index (χ1v) is 4.39. The molecular formula is C9H9ClFNO3. The largest absolute Gasteiger partial charge is 0.504 e. The molecule has 0 radical (unpaired) electrons. The second-order valence-electron chi connectivity index (χ2n) is 2.73. The van der Waals surface area contributed by atoms with Crippen LogP contribution in [0.5, 0.6) is 11.5 Å². The second-order valence-corrected chi connectivity index (χ2v) is 3.10. The Bertz CT molecular complexity index is 409. The van der Waals surface area contributed by atoms with Gasteiger partial charge >= 0.3 is 0 Å². The van der Waals surface area contributed by atoms with Gasteiger partial charge in [0.15, 0.2) is 17.3 Å². The number of aromatic hydroxyl groups is 1. The number of ketones is 1. The molecule has 0 aliphatic carbocycles. The zero-order chi connectivity index (χ0) is 11.6. The molecule has 0 unspecified atom stereocenters. The van der Waals surface area contributed by atoms with E-state index in [2.05, 4.69) is 4.74 Å². The summed E-state index contributed by atoms with van der Waals surface area (Å²) in [4.78, 5) is 11.3. The number of carbonyl (C=O) groups is 1. The molecule has 0 saturated carbocycles. The van der Waals surface area contributed by atoms with Crippen LogP contribution < -0.4 is 10.5 Å². The van der Waals surface area contributed by atoms with Gasteiger partial charge < -0.3 is 15.6 Å². The Balaban J connectivity index is 3.47. The fourth-order valence-corrected chi connectivity index (χ4v) is 1.35. The summed E-state index contributed by atoms with van der Waals surface area (Å²) in [6, 6.07) is 0.894. The minimum Gasteiger partial charge on any atom is -0.504 e. The van der Waals surface area contributed by atoms with Gasteiger partial charge in [0, 0.05) is 6.07 Å². The van der Waals surface area contributed by atoms with Crippen LogP contribution in [0.25, 0.3) is 0 Å². The molecule has 0 saturated heterocycles. The first kappa shape index (κ1) is 11.7. The highest BCUT2D eigenvalue weighted by Crippen LogP contribution is 2.37. The van der Waals surface area contributed by atoms with Crippen molar-refractivity contribution in [1.29, 1.82) is 0 Å². The molecule has 0 aliphatic heterocycles. The van der Waals surface area contributed by atoms with E-state index in [0.717, 1.165) is 6.07 Å². The average Bonchev–Trinajstić information content (AvgIpc) is 2.23. The third-order valence-electron chi connectivity index (χ3n) is 1.84. The van der Waals surface area contributed by atoms with Crippen molar-refractivity contribution in [3.63, 3.8) is 0 Å². The van der Waals surface area contributed by atoms with E-state index in [0.29, 0.717) is 0 Å². The molecule has 3 N–H and O–H groups in total. The highest BCUT2D eigenvalue weighted by molar-refractivity contribution is 6.34. The zero-order valence-corrected chi connectivity index (χ0v) is 8.64. The fourth-order valence-electron chi connectivity index (χ4n) is 1.11. The average molecular weight is 234 g/mol. The Labute approximate surface area is 90.4 Å². The topological polar surface area (TPSA) is 72.5 Å². The van der Waals surface area contributed by atoms with Crippen LogP contribution in [0, 0.1) is 5.82 Å². The zero-order valence-electron chi connectivity index (χ0n) is 7.88. The molecule has 4 nitrogen and oxygen atoms in total. The normalized spacial score (nSPS) is 10.1. The molecule has 0 aromatic heterocycles. The number of Topliss-reactive ketones (excluding diaryl/α,β-unsaturated/α-hetero) is 1. The number of hydrogen-bond donors (Lipinski definition) is 2. The van der Waals surface area contributed by atoms with Gasteiger partial charge in [0.2, 0.25) is 0 Å². The smallest absolute Gasteiger partial charge is 0.181 e. The molecular weight excluding hydrogens is 225 g/mol. The van der Waals surface area contributed by atoms with Crippen molar-refractivity contribution >= 4 is 17.4 Å². The van der Waals surface area contributed by atoms with Crippen LogP contribution in [0.1, 0.15) is 10.4 Å². The van der Waals surface area contributed by atoms with Crippen LogP contribution in [-0.4, -0.2) is 24.5 Å². The van der Waals surface area contributed by atoms with E-state index in [1.165, 1.54) is 7.11 Å². The number of rotatable bonds is 3. The number of nitrogens with two attached hydrogens (primary N) is 1. The Morgan fingerprint density at radius 2 is 2.33 bits per heavy atom. The molecule has 82 valence electrons. The summed E-state index contributed by atoms with van der Waals surface area (Å²) in [5, 5.41) is 9.09. The van der Waals surface area contributed by atoms with Crippen LogP contribution in [0.2, 0.25) is 5.02 Å². The summed E-state index contributed by atoms with van der Waals surface area (Å²) in [5.74, 6) is -2.16. The number of hydrogen-bond acceptors (Lipinski definition) is 4. The van der Waals surface area contributed by atoms with Gasteiger partial charge in [0.1, 0.15) is 5.82 Å². The van der Waals surface area contributed by atoms with Crippen molar-refractivity contribution in [1.82, 2.24) is 0 Å². The molecule has 0 aliphatic rings. The third-order valence-corrected chi connectivity index (χ3v) is 2.21. The quantitative estimate of drug-likeness (QED) is 0.773. The first-order valence-electron chi connectivity index (χ1n) is 4.01. The van der Waals surface area contributed by atoms with Crippen LogP contribution in [0.3, 0.4) is 0 Å². The molecule has 1 aromatic carbocycles. The lowest BCUT2D eigenvalue weighted by Crippen LogP contribution is -2.15. The Morgan fingerprint density at radius 3 is 2.80 bits per heavy atom. The molecule has 1 rings (SSSR count). The first-order chi connectivity index (χ1) is 7.02. The standard InChI is InChI=1S/C9H9ClFNO3/c1-15-6-2-4(11)8(10)7(9(6)14)5(13)3-12/h2,14H,3,12H2,1H3. The molecule has 0 atom stereocenters. The van der Waals surface area contributed by atoms with E-state index in [-0.39, 0.29) is 17.9 Å². The number of halogens is 2. The van der Waals surface area contributed by atoms with Gasteiger partial charge in [-0.25, -0.2) is 4.39 Å². The number of benzene rings is 1. The Morgan fingerprint density at radius 1 is 1.73 bits per heavy atom. The van der Waals surface area contributed by atoms with Gasteiger partial charge in [0.05, 0.1) is 24.2 Å². The molecule has 0 fully saturated rings. The third kappa shape index (κ3) is 2.03. The number of phenolic OH excluding ortho intramolecular Hbond substituents is 1. The summed E-state index contributed by atoms with van der Waals surface area (Å²) < 4.78 is 17.9. The molecule has 0 heterocycles. The van der Waals surface area contributed by atoms with Crippen LogP contribution in [0.15, 0.2) is 6.07 Å². The number of methoxy groups -OCH3 is 1. The second kappa shape index (κ2) is 4.46. The van der Waals surface area contributed by atoms with Gasteiger partial charge in [-0.3, -0.25) is 4.79 Å². The van der Waals surface area contributed by atoms with Crippen molar-refractivity contribution in [2.24, 2.45) is 5.73 Å². The van der Waals surface area contributed by atoms with Gasteiger partial charge in [0.25, 0.3) is 0 Å². The SMILES string of the molecule is COc1cc(F)c(Cl)c(C(=O)CN)c1O. The minimum absolute atomic E-state index is 0.159. The molecule has 0 spiro atoms. The lowest BCUT2D eigenvalue weighted by atomic mass is 10.1. The maximum Gasteiger partial charge on any atom is 0.181 e. The molecule has 15 heavy (non-hydrogen) atoms. The molecule has 1 aromatic rings. The maximum atomic E-state index is 13.2. The van der Waals surface area contributed by atoms with Crippen molar-refractivity contribution in [2.45, 2.75) is 0 Å². The summed E-state index contributed by atoms with van der Waals surface area (Å²) in [6.07, 6.45) is 0. The van der Waals surface area contributed by atoms with Crippen molar-refractivity contribution in [3.05, 3.63) is 22.5 Å². The van der Waals surface area contributed by atoms with E-state index in [1.54, 1.807) is 0 Å². The molecule has 0 bridgehead atoms. The number of ether oxygens (including phenoxy) is 1. The van der Waals surface area contributed by atoms with Gasteiger partial charge in [-0.1, -0.05) is 11.6 Å².